The average Bonchev–Trinajstić information content (AvgIpc) is 2.65. The highest BCUT2D eigenvalue weighted by Crippen LogP contribution is 2.31. The number of aliphatic hydroxyl groups excluding tert-OH is 1. The largest absolute Gasteiger partial charge is 0.509 e. The first-order valence-corrected chi connectivity index (χ1v) is 6.11. The summed E-state index contributed by atoms with van der Waals surface area (Å²) in [4.78, 5) is 4.33. The summed E-state index contributed by atoms with van der Waals surface area (Å²) in [6, 6.07) is 7.44. The van der Waals surface area contributed by atoms with Crippen LogP contribution in [0.1, 0.15) is 25.0 Å². The Labute approximate surface area is 107 Å². The minimum absolute atomic E-state index is 0.214. The number of aliphatic imine (C=N–C) groups is 1. The van der Waals surface area contributed by atoms with Crippen LogP contribution in [0.25, 0.3) is 5.57 Å². The van der Waals surface area contributed by atoms with Gasteiger partial charge in [-0.05, 0) is 17.0 Å². The summed E-state index contributed by atoms with van der Waals surface area (Å²) in [6.07, 6.45) is 0. The van der Waals surface area contributed by atoms with Crippen LogP contribution in [0.15, 0.2) is 35.0 Å². The van der Waals surface area contributed by atoms with Crippen LogP contribution in [0.3, 0.4) is 0 Å². The molecule has 96 valence electrons. The van der Waals surface area contributed by atoms with Crippen molar-refractivity contribution in [1.82, 2.24) is 0 Å². The zero-order chi connectivity index (χ0) is 13.3. The SMILES string of the molecule is CC(C)C1N=C(N)C(c2ccccc2CN)=C1O. The normalized spacial score (nSPS) is 19.6. The van der Waals surface area contributed by atoms with Gasteiger partial charge in [0.25, 0.3) is 0 Å². The second-order valence-electron chi connectivity index (χ2n) is 4.82. The van der Waals surface area contributed by atoms with E-state index >= 15 is 0 Å². The van der Waals surface area contributed by atoms with Crippen molar-refractivity contribution in [2.24, 2.45) is 22.4 Å². The van der Waals surface area contributed by atoms with Crippen molar-refractivity contribution in [1.29, 1.82) is 0 Å². The van der Waals surface area contributed by atoms with Gasteiger partial charge < -0.3 is 16.6 Å². The Morgan fingerprint density at radius 1 is 1.33 bits per heavy atom. The topological polar surface area (TPSA) is 84.6 Å². The van der Waals surface area contributed by atoms with Gasteiger partial charge in [0.15, 0.2) is 0 Å². The number of nitrogens with zero attached hydrogens (tertiary/aromatic N) is 1. The Hall–Kier alpha value is -1.81. The van der Waals surface area contributed by atoms with Crippen molar-refractivity contribution < 1.29 is 5.11 Å². The van der Waals surface area contributed by atoms with E-state index in [0.29, 0.717) is 18.0 Å². The molecule has 5 N–H and O–H groups in total. The minimum atomic E-state index is -0.245. The molecule has 0 fully saturated rings. The maximum Gasteiger partial charge on any atom is 0.130 e. The van der Waals surface area contributed by atoms with Gasteiger partial charge in [0.05, 0.1) is 5.57 Å². The predicted molar refractivity (Wildman–Crippen MR) is 74.1 cm³/mol. The van der Waals surface area contributed by atoms with Gasteiger partial charge >= 0.3 is 0 Å². The highest BCUT2D eigenvalue weighted by molar-refractivity contribution is 6.24. The fraction of sp³-hybridized carbons (Fsp3) is 0.357. The molecule has 4 nitrogen and oxygen atoms in total. The first-order valence-electron chi connectivity index (χ1n) is 6.11. The molecule has 1 aliphatic rings. The summed E-state index contributed by atoms with van der Waals surface area (Å²) < 4.78 is 0. The molecule has 2 rings (SSSR count). The molecule has 4 heteroatoms. The van der Waals surface area contributed by atoms with Gasteiger partial charge in [0.2, 0.25) is 0 Å². The lowest BCUT2D eigenvalue weighted by molar-refractivity contribution is 0.343. The number of nitrogens with two attached hydrogens (primary N) is 2. The molecule has 1 atom stereocenters. The molecule has 0 radical (unpaired) electrons. The summed E-state index contributed by atoms with van der Waals surface area (Å²) in [7, 11) is 0. The second kappa shape index (κ2) is 4.82. The van der Waals surface area contributed by atoms with Gasteiger partial charge in [-0.1, -0.05) is 38.1 Å². The molecule has 1 aromatic rings. The van der Waals surface area contributed by atoms with E-state index in [1.807, 2.05) is 38.1 Å². The van der Waals surface area contributed by atoms with Gasteiger partial charge in [-0.2, -0.15) is 0 Å². The van der Waals surface area contributed by atoms with E-state index < -0.39 is 0 Å². The third-order valence-electron chi connectivity index (χ3n) is 3.21. The average molecular weight is 245 g/mol. The first-order chi connectivity index (χ1) is 8.56. The molecule has 0 amide bonds. The van der Waals surface area contributed by atoms with E-state index in [9.17, 15) is 5.11 Å². The van der Waals surface area contributed by atoms with Crippen molar-refractivity contribution in [2.45, 2.75) is 26.4 Å². The number of benzene rings is 1. The molecule has 0 aromatic heterocycles. The van der Waals surface area contributed by atoms with E-state index in [-0.39, 0.29) is 17.7 Å². The molecule has 1 aromatic carbocycles. The molecular weight excluding hydrogens is 226 g/mol. The third-order valence-corrected chi connectivity index (χ3v) is 3.21. The Bertz CT molecular complexity index is 518. The highest BCUT2D eigenvalue weighted by atomic mass is 16.3. The second-order valence-corrected chi connectivity index (χ2v) is 4.82. The van der Waals surface area contributed by atoms with Crippen molar-refractivity contribution in [3.63, 3.8) is 0 Å². The van der Waals surface area contributed by atoms with Crippen LogP contribution < -0.4 is 11.5 Å². The van der Waals surface area contributed by atoms with Gasteiger partial charge in [-0.3, -0.25) is 4.99 Å². The maximum absolute atomic E-state index is 10.3. The summed E-state index contributed by atoms with van der Waals surface area (Å²) >= 11 is 0. The first kappa shape index (κ1) is 12.6. The Kier molecular flexibility index (Phi) is 3.39. The number of hydrogen-bond donors (Lipinski definition) is 3. The van der Waals surface area contributed by atoms with Crippen LogP contribution >= 0.6 is 0 Å². The van der Waals surface area contributed by atoms with E-state index in [1.165, 1.54) is 0 Å². The van der Waals surface area contributed by atoms with E-state index in [1.54, 1.807) is 0 Å². The smallest absolute Gasteiger partial charge is 0.130 e. The zero-order valence-corrected chi connectivity index (χ0v) is 10.7. The highest BCUT2D eigenvalue weighted by Gasteiger charge is 2.30. The molecule has 0 saturated heterocycles. The number of rotatable bonds is 3. The number of amidine groups is 1. The molecule has 0 aliphatic carbocycles. The van der Waals surface area contributed by atoms with Crippen molar-refractivity contribution in [3.05, 3.63) is 41.2 Å². The van der Waals surface area contributed by atoms with Crippen molar-refractivity contribution >= 4 is 11.4 Å². The Morgan fingerprint density at radius 2 is 2.00 bits per heavy atom. The lowest BCUT2D eigenvalue weighted by atomic mass is 9.95. The zero-order valence-electron chi connectivity index (χ0n) is 10.7. The lowest BCUT2D eigenvalue weighted by Gasteiger charge is -2.13. The molecular formula is C14H19N3O. The molecule has 1 heterocycles. The molecule has 0 saturated carbocycles. The quantitative estimate of drug-likeness (QED) is 0.759. The third kappa shape index (κ3) is 1.99. The van der Waals surface area contributed by atoms with Crippen LogP contribution in [0.5, 0.6) is 0 Å². The maximum atomic E-state index is 10.3. The fourth-order valence-corrected chi connectivity index (χ4v) is 2.24. The van der Waals surface area contributed by atoms with Crippen LogP contribution in [-0.2, 0) is 6.54 Å². The number of hydrogen-bond acceptors (Lipinski definition) is 4. The summed E-state index contributed by atoms with van der Waals surface area (Å²) in [6.45, 7) is 4.43. The lowest BCUT2D eigenvalue weighted by Crippen LogP contribution is -2.14. The summed E-state index contributed by atoms with van der Waals surface area (Å²) in [5, 5.41) is 10.3. The fourth-order valence-electron chi connectivity index (χ4n) is 2.24. The number of aliphatic hydroxyl groups is 1. The van der Waals surface area contributed by atoms with Crippen LogP contribution in [-0.4, -0.2) is 17.0 Å². The predicted octanol–water partition coefficient (Wildman–Crippen LogP) is 1.81. The Balaban J connectivity index is 2.54. The van der Waals surface area contributed by atoms with E-state index in [4.69, 9.17) is 11.5 Å². The van der Waals surface area contributed by atoms with Gasteiger partial charge in [0.1, 0.15) is 17.6 Å². The van der Waals surface area contributed by atoms with E-state index in [0.717, 1.165) is 11.1 Å². The monoisotopic (exact) mass is 245 g/mol. The molecule has 1 unspecified atom stereocenters. The van der Waals surface area contributed by atoms with Crippen molar-refractivity contribution in [2.75, 3.05) is 0 Å². The van der Waals surface area contributed by atoms with Gasteiger partial charge in [-0.25, -0.2) is 0 Å². The summed E-state index contributed by atoms with van der Waals surface area (Å²) in [5.41, 5.74) is 14.1. The van der Waals surface area contributed by atoms with Crippen LogP contribution in [0.2, 0.25) is 0 Å². The molecule has 18 heavy (non-hydrogen) atoms. The minimum Gasteiger partial charge on any atom is -0.509 e. The van der Waals surface area contributed by atoms with Crippen LogP contribution in [0.4, 0.5) is 0 Å². The summed E-state index contributed by atoms with van der Waals surface area (Å²) in [5.74, 6) is 0.863. The standard InChI is InChI=1S/C14H19N3O/c1-8(2)12-13(18)11(14(16)17-12)10-6-4-3-5-9(10)7-15/h3-6,8,12,18H,7,15H2,1-2H3,(H2,16,17). The molecule has 0 bridgehead atoms. The van der Waals surface area contributed by atoms with Crippen LogP contribution in [0, 0.1) is 5.92 Å². The molecule has 1 aliphatic heterocycles. The van der Waals surface area contributed by atoms with E-state index in [2.05, 4.69) is 4.99 Å². The molecule has 0 spiro atoms. The van der Waals surface area contributed by atoms with Gasteiger partial charge in [0, 0.05) is 6.54 Å². The Morgan fingerprint density at radius 3 is 2.56 bits per heavy atom. The van der Waals surface area contributed by atoms with Gasteiger partial charge in [-0.15, -0.1) is 0 Å². The van der Waals surface area contributed by atoms with Crippen molar-refractivity contribution in [3.8, 4) is 0 Å².